The predicted molar refractivity (Wildman–Crippen MR) is 144 cm³/mol. The van der Waals surface area contributed by atoms with Crippen molar-refractivity contribution in [1.82, 2.24) is 10.2 Å². The normalized spacial score (nSPS) is 20.5. The van der Waals surface area contributed by atoms with Gasteiger partial charge >= 0.3 is 0 Å². The number of aryl methyl sites for hydroxylation is 1. The van der Waals surface area contributed by atoms with Crippen LogP contribution in [0.25, 0.3) is 0 Å². The van der Waals surface area contributed by atoms with Gasteiger partial charge in [0.25, 0.3) is 5.91 Å². The fourth-order valence-electron chi connectivity index (χ4n) is 5.21. The van der Waals surface area contributed by atoms with Crippen LogP contribution in [-0.4, -0.2) is 42.5 Å². The van der Waals surface area contributed by atoms with Gasteiger partial charge in [-0.2, -0.15) is 0 Å². The first-order valence-electron chi connectivity index (χ1n) is 12.9. The number of rotatable bonds is 9. The highest BCUT2D eigenvalue weighted by molar-refractivity contribution is 6.05. The first kappa shape index (κ1) is 23.6. The molecular weight excluding hydrogens is 432 g/mol. The largest absolute Gasteiger partial charge is 0.397 e. The van der Waals surface area contributed by atoms with Crippen molar-refractivity contribution in [3.8, 4) is 0 Å². The molecule has 2 fully saturated rings. The molecular formula is C30H36N4O. The third-order valence-electron chi connectivity index (χ3n) is 7.42. The number of likely N-dealkylation sites (tertiary alicyclic amines) is 1. The highest BCUT2D eigenvalue weighted by Gasteiger charge is 2.39. The number of carbonyl (C=O) groups excluding carboxylic acids is 1. The van der Waals surface area contributed by atoms with E-state index in [0.717, 1.165) is 19.4 Å². The van der Waals surface area contributed by atoms with Crippen molar-refractivity contribution in [3.05, 3.63) is 95.6 Å². The number of para-hydroxylation sites is 2. The van der Waals surface area contributed by atoms with E-state index >= 15 is 0 Å². The number of anilines is 2. The molecule has 35 heavy (non-hydrogen) atoms. The number of nitrogens with one attached hydrogen (secondary N) is 2. The Hall–Kier alpha value is -3.15. The minimum atomic E-state index is -0.132. The van der Waals surface area contributed by atoms with Crippen LogP contribution in [-0.2, 0) is 6.42 Å². The molecule has 1 amide bonds. The van der Waals surface area contributed by atoms with Crippen molar-refractivity contribution in [2.24, 2.45) is 0 Å². The number of benzene rings is 3. The van der Waals surface area contributed by atoms with Crippen LogP contribution >= 0.6 is 0 Å². The predicted octanol–water partition coefficient (Wildman–Crippen LogP) is 5.06. The molecule has 2 aliphatic rings. The summed E-state index contributed by atoms with van der Waals surface area (Å²) in [6, 6.07) is 27.5. The van der Waals surface area contributed by atoms with E-state index in [0.29, 0.717) is 34.9 Å². The molecule has 182 valence electrons. The van der Waals surface area contributed by atoms with E-state index < -0.39 is 0 Å². The minimum absolute atomic E-state index is 0.132. The summed E-state index contributed by atoms with van der Waals surface area (Å²) in [5, 5.41) is 6.80. The van der Waals surface area contributed by atoms with Gasteiger partial charge in [0, 0.05) is 23.6 Å². The number of nitrogens with zero attached hydrogens (tertiary/aromatic N) is 1. The number of piperidine rings is 1. The number of hydrogen-bond donors (Lipinski definition) is 3. The van der Waals surface area contributed by atoms with E-state index in [1.165, 1.54) is 43.5 Å². The molecule has 1 heterocycles. The molecule has 1 saturated carbocycles. The van der Waals surface area contributed by atoms with Crippen LogP contribution < -0.4 is 16.4 Å². The van der Waals surface area contributed by atoms with Crippen LogP contribution in [0.4, 0.5) is 11.4 Å². The lowest BCUT2D eigenvalue weighted by atomic mass is 10.0. The summed E-state index contributed by atoms with van der Waals surface area (Å²) < 4.78 is 0. The zero-order valence-corrected chi connectivity index (χ0v) is 20.3. The quantitative estimate of drug-likeness (QED) is 0.384. The number of amides is 1. The Balaban J connectivity index is 0.995. The number of carbonyl (C=O) groups is 1. The maximum atomic E-state index is 12.5. The summed E-state index contributed by atoms with van der Waals surface area (Å²) in [7, 11) is 0. The average molecular weight is 469 g/mol. The Morgan fingerprint density at radius 3 is 2.37 bits per heavy atom. The van der Waals surface area contributed by atoms with Crippen molar-refractivity contribution in [1.29, 1.82) is 0 Å². The molecule has 5 heteroatoms. The second-order valence-electron chi connectivity index (χ2n) is 9.98. The first-order chi connectivity index (χ1) is 17.2. The Bertz CT molecular complexity index is 1110. The van der Waals surface area contributed by atoms with Crippen LogP contribution in [0.5, 0.6) is 0 Å². The van der Waals surface area contributed by atoms with Gasteiger partial charge < -0.3 is 21.3 Å². The maximum Gasteiger partial charge on any atom is 0.255 e. The molecule has 3 aromatic rings. The van der Waals surface area contributed by atoms with Gasteiger partial charge in [-0.05, 0) is 87.1 Å². The van der Waals surface area contributed by atoms with Crippen LogP contribution in [0, 0.1) is 0 Å². The van der Waals surface area contributed by atoms with Crippen LogP contribution in [0.3, 0.4) is 0 Å². The third-order valence-corrected chi connectivity index (χ3v) is 7.42. The van der Waals surface area contributed by atoms with Gasteiger partial charge in [-0.1, -0.05) is 54.6 Å². The lowest BCUT2D eigenvalue weighted by Crippen LogP contribution is -2.43. The molecule has 0 radical (unpaired) electrons. The summed E-state index contributed by atoms with van der Waals surface area (Å²) in [6.07, 6.45) is 5.95. The molecule has 1 saturated heterocycles. The summed E-state index contributed by atoms with van der Waals surface area (Å²) in [5.74, 6) is 0.579. The van der Waals surface area contributed by atoms with Crippen molar-refractivity contribution in [3.63, 3.8) is 0 Å². The first-order valence-corrected chi connectivity index (χ1v) is 12.9. The Labute approximate surface area is 208 Å². The number of nitrogens with two attached hydrogens (primary N) is 1. The average Bonchev–Trinajstić information content (AvgIpc) is 3.66. The Morgan fingerprint density at radius 1 is 0.914 bits per heavy atom. The van der Waals surface area contributed by atoms with Gasteiger partial charge in [-0.3, -0.25) is 4.79 Å². The van der Waals surface area contributed by atoms with Crippen molar-refractivity contribution >= 4 is 17.3 Å². The van der Waals surface area contributed by atoms with E-state index in [1.54, 1.807) is 6.07 Å². The summed E-state index contributed by atoms with van der Waals surface area (Å²) >= 11 is 0. The smallest absolute Gasteiger partial charge is 0.255 e. The monoisotopic (exact) mass is 468 g/mol. The van der Waals surface area contributed by atoms with E-state index in [-0.39, 0.29) is 5.91 Å². The minimum Gasteiger partial charge on any atom is -0.397 e. The maximum absolute atomic E-state index is 12.5. The second kappa shape index (κ2) is 11.1. The molecule has 0 bridgehead atoms. The van der Waals surface area contributed by atoms with Gasteiger partial charge in [-0.25, -0.2) is 0 Å². The molecule has 0 spiro atoms. The van der Waals surface area contributed by atoms with Crippen LogP contribution in [0.2, 0.25) is 0 Å². The molecule has 4 N–H and O–H groups in total. The summed E-state index contributed by atoms with van der Waals surface area (Å²) in [5.41, 5.74) is 10.6. The zero-order valence-electron chi connectivity index (χ0n) is 20.3. The molecule has 2 unspecified atom stereocenters. The topological polar surface area (TPSA) is 70.4 Å². The molecule has 3 aromatic carbocycles. The van der Waals surface area contributed by atoms with E-state index in [1.807, 2.05) is 30.3 Å². The van der Waals surface area contributed by atoms with E-state index in [2.05, 4.69) is 58.0 Å². The van der Waals surface area contributed by atoms with Crippen LogP contribution in [0.15, 0.2) is 78.9 Å². The lowest BCUT2D eigenvalue weighted by Gasteiger charge is -2.32. The standard InChI is InChI=1S/C30H36N4O/c31-27-10-4-5-11-28(27)33-30(35)24-14-12-22(13-15-24)7-6-18-34-19-16-25(17-20-34)32-29-21-26(29)23-8-2-1-3-9-23/h1-5,8-15,25-26,29,32H,6-7,16-21,31H2,(H,33,35). The fourth-order valence-corrected chi connectivity index (χ4v) is 5.21. The number of hydrogen-bond acceptors (Lipinski definition) is 4. The van der Waals surface area contributed by atoms with E-state index in [4.69, 9.17) is 5.73 Å². The van der Waals surface area contributed by atoms with Gasteiger partial charge in [0.1, 0.15) is 0 Å². The zero-order chi connectivity index (χ0) is 24.0. The van der Waals surface area contributed by atoms with Crippen molar-refractivity contribution in [2.45, 2.75) is 50.1 Å². The molecule has 1 aliphatic carbocycles. The fraction of sp³-hybridized carbons (Fsp3) is 0.367. The lowest BCUT2D eigenvalue weighted by molar-refractivity contribution is 0.102. The van der Waals surface area contributed by atoms with Crippen LogP contribution in [0.1, 0.15) is 53.1 Å². The molecule has 5 rings (SSSR count). The highest BCUT2D eigenvalue weighted by Crippen LogP contribution is 2.41. The van der Waals surface area contributed by atoms with Gasteiger partial charge in [-0.15, -0.1) is 0 Å². The Morgan fingerprint density at radius 2 is 1.63 bits per heavy atom. The van der Waals surface area contributed by atoms with Crippen molar-refractivity contribution < 1.29 is 4.79 Å². The molecule has 5 nitrogen and oxygen atoms in total. The molecule has 0 aromatic heterocycles. The van der Waals surface area contributed by atoms with Gasteiger partial charge in [0.15, 0.2) is 0 Å². The van der Waals surface area contributed by atoms with Gasteiger partial charge in [0.05, 0.1) is 11.4 Å². The van der Waals surface area contributed by atoms with Gasteiger partial charge in [0.2, 0.25) is 0 Å². The summed E-state index contributed by atoms with van der Waals surface area (Å²) in [4.78, 5) is 15.1. The number of nitrogen functional groups attached to an aromatic ring is 1. The highest BCUT2D eigenvalue weighted by atomic mass is 16.1. The third kappa shape index (κ3) is 6.30. The SMILES string of the molecule is Nc1ccccc1NC(=O)c1ccc(CCCN2CCC(NC3CC3c3ccccc3)CC2)cc1. The molecule has 1 aliphatic heterocycles. The van der Waals surface area contributed by atoms with E-state index in [9.17, 15) is 4.79 Å². The Kier molecular flexibility index (Phi) is 7.45. The molecule has 2 atom stereocenters. The second-order valence-corrected chi connectivity index (χ2v) is 9.98. The van der Waals surface area contributed by atoms with Crippen molar-refractivity contribution in [2.75, 3.05) is 30.7 Å². The summed E-state index contributed by atoms with van der Waals surface area (Å²) in [6.45, 7) is 3.50.